The highest BCUT2D eigenvalue weighted by molar-refractivity contribution is 5.89. The van der Waals surface area contributed by atoms with E-state index in [2.05, 4.69) is 53.5 Å². The van der Waals surface area contributed by atoms with Gasteiger partial charge < -0.3 is 9.72 Å². The zero-order valence-corrected chi connectivity index (χ0v) is 19.8. The first-order chi connectivity index (χ1) is 16.8. The maximum atomic E-state index is 12.9. The Morgan fingerprint density at radius 1 is 0.824 bits per heavy atom. The number of unbranched alkanes of at least 4 members (excludes halogenated alkanes) is 2. The van der Waals surface area contributed by atoms with Crippen molar-refractivity contribution < 1.29 is 9.53 Å². The molecule has 0 amide bonds. The second-order valence-corrected chi connectivity index (χ2v) is 9.50. The maximum absolute atomic E-state index is 12.9. The van der Waals surface area contributed by atoms with E-state index < -0.39 is 0 Å². The topological polar surface area (TPSA) is 42.1 Å². The van der Waals surface area contributed by atoms with Crippen LogP contribution in [-0.2, 0) is 41.8 Å². The number of fused-ring (bicyclic) bond motifs is 3. The van der Waals surface area contributed by atoms with E-state index in [1.165, 1.54) is 52.5 Å². The number of aryl methyl sites for hydroxylation is 3. The molecule has 0 saturated carbocycles. The second-order valence-electron chi connectivity index (χ2n) is 9.50. The minimum Gasteiger partial charge on any atom is -0.461 e. The summed E-state index contributed by atoms with van der Waals surface area (Å²) in [6, 6.07) is 27.3. The Hall–Kier alpha value is -3.33. The maximum Gasteiger partial charge on any atom is 0.309 e. The molecule has 0 spiro atoms. The summed E-state index contributed by atoms with van der Waals surface area (Å²) >= 11 is 0. The third kappa shape index (κ3) is 5.25. The average molecular weight is 452 g/mol. The lowest BCUT2D eigenvalue weighted by Gasteiger charge is -2.21. The highest BCUT2D eigenvalue weighted by atomic mass is 16.5. The monoisotopic (exact) mass is 451 g/mol. The van der Waals surface area contributed by atoms with Crippen LogP contribution in [0.15, 0.2) is 78.9 Å². The van der Waals surface area contributed by atoms with Crippen molar-refractivity contribution >= 4 is 16.9 Å². The molecule has 1 atom stereocenters. The minimum atomic E-state index is -0.0674. The van der Waals surface area contributed by atoms with E-state index in [1.54, 1.807) is 0 Å². The van der Waals surface area contributed by atoms with Gasteiger partial charge in [-0.15, -0.1) is 0 Å². The van der Waals surface area contributed by atoms with Crippen molar-refractivity contribution in [1.82, 2.24) is 4.98 Å². The highest BCUT2D eigenvalue weighted by Gasteiger charge is 2.29. The van der Waals surface area contributed by atoms with Gasteiger partial charge in [0.15, 0.2) is 0 Å². The minimum absolute atomic E-state index is 0.0610. The molecule has 0 fully saturated rings. The molecule has 0 bridgehead atoms. The van der Waals surface area contributed by atoms with E-state index in [0.717, 1.165) is 37.7 Å². The smallest absolute Gasteiger partial charge is 0.309 e. The summed E-state index contributed by atoms with van der Waals surface area (Å²) in [7, 11) is 0. The fraction of sp³-hybridized carbons (Fsp3) is 0.323. The Labute approximate surface area is 202 Å². The van der Waals surface area contributed by atoms with Crippen LogP contribution in [0.25, 0.3) is 10.9 Å². The van der Waals surface area contributed by atoms with Gasteiger partial charge in [0.05, 0.1) is 5.92 Å². The van der Waals surface area contributed by atoms with Crippen molar-refractivity contribution in [3.05, 3.63) is 107 Å². The standard InChI is InChI=1S/C31H33NO2/c33-31(34-22-24-14-7-2-8-15-24)26-19-20-28-27(21-26)30-25(17-10-18-29(30)32-28)16-9-3-6-13-23-11-4-1-5-12-23/h1-2,4-5,7-8,10-12,14-15,17-18,26,32H,3,6,9,13,16,19-22H2. The van der Waals surface area contributed by atoms with Crippen molar-refractivity contribution in [3.8, 4) is 0 Å². The summed E-state index contributed by atoms with van der Waals surface area (Å²) in [5.74, 6) is -0.128. The van der Waals surface area contributed by atoms with Crippen molar-refractivity contribution in [2.45, 2.75) is 58.0 Å². The zero-order chi connectivity index (χ0) is 23.2. The fourth-order valence-electron chi connectivity index (χ4n) is 5.28. The average Bonchev–Trinajstić information content (AvgIpc) is 3.27. The number of carbonyl (C=O) groups is 1. The van der Waals surface area contributed by atoms with Gasteiger partial charge in [-0.1, -0.05) is 79.2 Å². The summed E-state index contributed by atoms with van der Waals surface area (Å²) in [6.07, 6.45) is 8.40. The third-order valence-corrected chi connectivity index (χ3v) is 7.11. The first kappa shape index (κ1) is 22.5. The van der Waals surface area contributed by atoms with Gasteiger partial charge in [-0.2, -0.15) is 0 Å². The van der Waals surface area contributed by atoms with Gasteiger partial charge in [0.2, 0.25) is 0 Å². The van der Waals surface area contributed by atoms with Crippen LogP contribution in [0, 0.1) is 5.92 Å². The molecule has 1 aromatic heterocycles. The molecule has 1 unspecified atom stereocenters. The number of carbonyl (C=O) groups excluding carboxylic acids is 1. The van der Waals surface area contributed by atoms with Crippen LogP contribution in [0.5, 0.6) is 0 Å². The number of nitrogens with one attached hydrogen (secondary N) is 1. The lowest BCUT2D eigenvalue weighted by molar-refractivity contribution is -0.150. The summed E-state index contributed by atoms with van der Waals surface area (Å²) in [6.45, 7) is 0.352. The van der Waals surface area contributed by atoms with Crippen LogP contribution >= 0.6 is 0 Å². The Balaban J connectivity index is 1.22. The van der Waals surface area contributed by atoms with E-state index in [1.807, 2.05) is 30.3 Å². The van der Waals surface area contributed by atoms with E-state index >= 15 is 0 Å². The molecular weight excluding hydrogens is 418 g/mol. The summed E-state index contributed by atoms with van der Waals surface area (Å²) in [4.78, 5) is 16.5. The summed E-state index contributed by atoms with van der Waals surface area (Å²) < 4.78 is 5.68. The number of aromatic amines is 1. The lowest BCUT2D eigenvalue weighted by atomic mass is 9.85. The van der Waals surface area contributed by atoms with Gasteiger partial charge in [0.25, 0.3) is 0 Å². The molecule has 4 aromatic rings. The normalized spacial score (nSPS) is 15.2. The van der Waals surface area contributed by atoms with Gasteiger partial charge in [0, 0.05) is 16.6 Å². The number of rotatable bonds is 9. The number of hydrogen-bond acceptors (Lipinski definition) is 2. The van der Waals surface area contributed by atoms with Gasteiger partial charge >= 0.3 is 5.97 Å². The second kappa shape index (κ2) is 10.7. The van der Waals surface area contributed by atoms with Crippen LogP contribution in [0.1, 0.15) is 53.6 Å². The van der Waals surface area contributed by atoms with E-state index in [0.29, 0.717) is 6.61 Å². The molecule has 1 N–H and O–H groups in total. The number of H-pyrrole nitrogens is 1. The molecule has 1 heterocycles. The number of benzene rings is 3. The number of aromatic nitrogens is 1. The largest absolute Gasteiger partial charge is 0.461 e. The Kier molecular flexibility index (Phi) is 7.09. The molecule has 1 aliphatic rings. The quantitative estimate of drug-likeness (QED) is 0.220. The van der Waals surface area contributed by atoms with Crippen molar-refractivity contribution in [2.75, 3.05) is 0 Å². The molecule has 0 aliphatic heterocycles. The number of ether oxygens (including phenoxy) is 1. The molecule has 3 nitrogen and oxygen atoms in total. The fourth-order valence-corrected chi connectivity index (χ4v) is 5.28. The predicted octanol–water partition coefficient (Wildman–Crippen LogP) is 6.97. The van der Waals surface area contributed by atoms with Gasteiger partial charge in [-0.3, -0.25) is 4.79 Å². The van der Waals surface area contributed by atoms with E-state index in [4.69, 9.17) is 4.74 Å². The van der Waals surface area contributed by atoms with Crippen LogP contribution in [-0.4, -0.2) is 11.0 Å². The lowest BCUT2D eigenvalue weighted by Crippen LogP contribution is -2.24. The van der Waals surface area contributed by atoms with E-state index in [9.17, 15) is 4.79 Å². The molecular formula is C31H33NO2. The number of esters is 1. The van der Waals surface area contributed by atoms with Crippen LogP contribution < -0.4 is 0 Å². The molecule has 5 rings (SSSR count). The Morgan fingerprint density at radius 2 is 1.56 bits per heavy atom. The molecule has 3 aromatic carbocycles. The number of hydrogen-bond donors (Lipinski definition) is 1. The Morgan fingerprint density at radius 3 is 2.35 bits per heavy atom. The van der Waals surface area contributed by atoms with Gasteiger partial charge in [-0.25, -0.2) is 0 Å². The third-order valence-electron chi connectivity index (χ3n) is 7.11. The molecule has 1 aliphatic carbocycles. The molecule has 0 radical (unpaired) electrons. The molecule has 3 heteroatoms. The Bertz CT molecular complexity index is 1230. The van der Waals surface area contributed by atoms with Crippen LogP contribution in [0.3, 0.4) is 0 Å². The molecule has 174 valence electrons. The van der Waals surface area contributed by atoms with Gasteiger partial charge in [0.1, 0.15) is 6.61 Å². The van der Waals surface area contributed by atoms with Crippen LogP contribution in [0.4, 0.5) is 0 Å². The van der Waals surface area contributed by atoms with Crippen molar-refractivity contribution in [1.29, 1.82) is 0 Å². The highest BCUT2D eigenvalue weighted by Crippen LogP contribution is 2.35. The predicted molar refractivity (Wildman–Crippen MR) is 138 cm³/mol. The molecule has 34 heavy (non-hydrogen) atoms. The van der Waals surface area contributed by atoms with Gasteiger partial charge in [-0.05, 0) is 73.3 Å². The first-order valence-electron chi connectivity index (χ1n) is 12.6. The summed E-state index contributed by atoms with van der Waals surface area (Å²) in [5.41, 5.74) is 7.73. The van der Waals surface area contributed by atoms with E-state index in [-0.39, 0.29) is 11.9 Å². The van der Waals surface area contributed by atoms with Crippen molar-refractivity contribution in [2.24, 2.45) is 5.92 Å². The molecule has 0 saturated heterocycles. The summed E-state index contributed by atoms with van der Waals surface area (Å²) in [5, 5.41) is 1.35. The zero-order valence-electron chi connectivity index (χ0n) is 19.8. The van der Waals surface area contributed by atoms with Crippen molar-refractivity contribution in [3.63, 3.8) is 0 Å². The first-order valence-corrected chi connectivity index (χ1v) is 12.6. The SMILES string of the molecule is O=C(OCc1ccccc1)C1CCc2[nH]c3cccc(CCCCCc4ccccc4)c3c2C1. The van der Waals surface area contributed by atoms with Crippen LogP contribution in [0.2, 0.25) is 0 Å².